The lowest BCUT2D eigenvalue weighted by atomic mass is 10.1. The molecule has 1 fully saturated rings. The van der Waals surface area contributed by atoms with E-state index in [1.54, 1.807) is 83.9 Å². The number of hydrogen-bond donors (Lipinski definition) is 4. The predicted molar refractivity (Wildman–Crippen MR) is 184 cm³/mol. The molecule has 0 saturated carbocycles. The average Bonchev–Trinajstić information content (AvgIpc) is 3.76. The molecule has 48 heavy (non-hydrogen) atoms. The Labute approximate surface area is 277 Å². The van der Waals surface area contributed by atoms with E-state index in [4.69, 9.17) is 0 Å². The van der Waals surface area contributed by atoms with Crippen molar-refractivity contribution in [2.45, 2.75) is 19.3 Å². The van der Waals surface area contributed by atoms with Crippen LogP contribution in [-0.2, 0) is 21.1 Å². The number of hydrogen-bond acceptors (Lipinski definition) is 6. The van der Waals surface area contributed by atoms with Gasteiger partial charge in [0.15, 0.2) is 0 Å². The molecule has 4 aromatic heterocycles. The molecule has 1 aromatic carbocycles. The van der Waals surface area contributed by atoms with Crippen molar-refractivity contribution >= 4 is 51.5 Å². The Kier molecular flexibility index (Phi) is 9.39. The number of piperidine rings is 1. The lowest BCUT2D eigenvalue weighted by Crippen LogP contribution is -2.38. The molecule has 4 amide bonds. The van der Waals surface area contributed by atoms with Crippen LogP contribution in [0.25, 0.3) is 10.8 Å². The van der Waals surface area contributed by atoms with Crippen molar-refractivity contribution in [3.8, 4) is 0 Å². The monoisotopic (exact) mass is 649 g/mol. The largest absolute Gasteiger partial charge is 0.349 e. The van der Waals surface area contributed by atoms with Crippen LogP contribution in [0.5, 0.6) is 0 Å². The second kappa shape index (κ2) is 14.0. The van der Waals surface area contributed by atoms with Crippen LogP contribution in [0, 0.1) is 0 Å². The number of fused-ring (bicyclic) bond motifs is 1. The number of nitrogens with one attached hydrogen (secondary N) is 4. The summed E-state index contributed by atoms with van der Waals surface area (Å²) in [6, 6.07) is 14.1. The standard InChI is InChI=1S/C35H39N9O4/c1-41-21-26(16-29(41)33(46)36-11-14-44-12-7-4-8-13-44)39-35(48)31-18-27(22-43(31)3)40-34(47)30-17-25(20-42(30)2)38-32(45)28-15-23-9-5-6-10-24(23)19-37-28/h5-6,9-10,15-22H,4,7-8,11-14H2,1-3H3,(H,36,46)(H,38,45)(H,39,48)(H,40,47). The molecule has 0 bridgehead atoms. The Balaban J connectivity index is 1.05. The molecule has 0 atom stereocenters. The molecule has 6 rings (SSSR count). The van der Waals surface area contributed by atoms with Gasteiger partial charge in [-0.25, -0.2) is 0 Å². The maximum Gasteiger partial charge on any atom is 0.274 e. The molecule has 13 heteroatoms. The summed E-state index contributed by atoms with van der Waals surface area (Å²) in [5, 5.41) is 13.3. The summed E-state index contributed by atoms with van der Waals surface area (Å²) in [7, 11) is 5.16. The Morgan fingerprint density at radius 3 is 1.71 bits per heavy atom. The number of aromatic nitrogens is 4. The number of rotatable bonds is 10. The van der Waals surface area contributed by atoms with Gasteiger partial charge in [-0.2, -0.15) is 0 Å². The number of amides is 4. The fourth-order valence-corrected chi connectivity index (χ4v) is 5.97. The lowest BCUT2D eigenvalue weighted by Gasteiger charge is -2.26. The highest BCUT2D eigenvalue weighted by molar-refractivity contribution is 6.09. The van der Waals surface area contributed by atoms with E-state index >= 15 is 0 Å². The minimum atomic E-state index is -0.418. The number of nitrogens with zero attached hydrogens (tertiary/aromatic N) is 5. The second-order valence-electron chi connectivity index (χ2n) is 12.1. The summed E-state index contributed by atoms with van der Waals surface area (Å²) in [6.07, 6.45) is 10.3. The van der Waals surface area contributed by atoms with Crippen molar-refractivity contribution < 1.29 is 19.2 Å². The lowest BCUT2D eigenvalue weighted by molar-refractivity contribution is 0.0936. The van der Waals surface area contributed by atoms with Gasteiger partial charge in [0, 0.05) is 64.4 Å². The minimum Gasteiger partial charge on any atom is -0.349 e. The van der Waals surface area contributed by atoms with Gasteiger partial charge in [0.2, 0.25) is 0 Å². The van der Waals surface area contributed by atoms with Gasteiger partial charge in [0.25, 0.3) is 23.6 Å². The quantitative estimate of drug-likeness (QED) is 0.178. The van der Waals surface area contributed by atoms with Crippen molar-refractivity contribution in [1.29, 1.82) is 0 Å². The summed E-state index contributed by atoms with van der Waals surface area (Å²) < 4.78 is 4.89. The van der Waals surface area contributed by atoms with E-state index in [2.05, 4.69) is 31.2 Å². The van der Waals surface area contributed by atoms with E-state index in [0.29, 0.717) is 40.7 Å². The predicted octanol–water partition coefficient (Wildman–Crippen LogP) is 4.22. The van der Waals surface area contributed by atoms with Crippen LogP contribution in [0.1, 0.15) is 61.2 Å². The van der Waals surface area contributed by atoms with Crippen molar-refractivity contribution in [2.24, 2.45) is 21.1 Å². The van der Waals surface area contributed by atoms with Gasteiger partial charge in [-0.1, -0.05) is 30.7 Å². The number of aryl methyl sites for hydroxylation is 3. The highest BCUT2D eigenvalue weighted by atomic mass is 16.2. The molecule has 0 spiro atoms. The number of carbonyl (C=O) groups is 4. The Bertz CT molecular complexity index is 2000. The first-order valence-electron chi connectivity index (χ1n) is 15.9. The molecule has 1 aliphatic heterocycles. The zero-order chi connectivity index (χ0) is 33.8. The zero-order valence-electron chi connectivity index (χ0n) is 27.2. The zero-order valence-corrected chi connectivity index (χ0v) is 27.2. The highest BCUT2D eigenvalue weighted by Crippen LogP contribution is 2.21. The number of carbonyl (C=O) groups excluding carboxylic acids is 4. The van der Waals surface area contributed by atoms with Crippen LogP contribution in [0.4, 0.5) is 17.1 Å². The molecular formula is C35H39N9O4. The number of anilines is 3. The van der Waals surface area contributed by atoms with Gasteiger partial charge in [-0.3, -0.25) is 24.2 Å². The van der Waals surface area contributed by atoms with Crippen molar-refractivity contribution in [1.82, 2.24) is 28.9 Å². The summed E-state index contributed by atoms with van der Waals surface area (Å²) >= 11 is 0. The molecule has 5 heterocycles. The second-order valence-corrected chi connectivity index (χ2v) is 12.1. The average molecular weight is 650 g/mol. The van der Waals surface area contributed by atoms with Crippen LogP contribution < -0.4 is 21.3 Å². The molecule has 0 unspecified atom stereocenters. The fraction of sp³-hybridized carbons (Fsp3) is 0.286. The Morgan fingerprint density at radius 2 is 1.15 bits per heavy atom. The molecule has 13 nitrogen and oxygen atoms in total. The molecule has 0 aliphatic carbocycles. The van der Waals surface area contributed by atoms with E-state index in [1.165, 1.54) is 19.3 Å². The van der Waals surface area contributed by atoms with Crippen molar-refractivity contribution in [3.05, 3.63) is 96.1 Å². The third-order valence-corrected chi connectivity index (χ3v) is 8.51. The fourth-order valence-electron chi connectivity index (χ4n) is 5.97. The third-order valence-electron chi connectivity index (χ3n) is 8.51. The van der Waals surface area contributed by atoms with E-state index < -0.39 is 17.7 Å². The van der Waals surface area contributed by atoms with Gasteiger partial charge >= 0.3 is 0 Å². The van der Waals surface area contributed by atoms with Crippen molar-refractivity contribution in [3.63, 3.8) is 0 Å². The maximum absolute atomic E-state index is 13.2. The van der Waals surface area contributed by atoms with Crippen LogP contribution >= 0.6 is 0 Å². The smallest absolute Gasteiger partial charge is 0.274 e. The molecule has 4 N–H and O–H groups in total. The molecule has 5 aromatic rings. The number of pyridine rings is 1. The first-order chi connectivity index (χ1) is 23.1. The van der Waals surface area contributed by atoms with E-state index in [0.717, 1.165) is 30.4 Å². The normalized spacial score (nSPS) is 13.3. The molecule has 0 radical (unpaired) electrons. The van der Waals surface area contributed by atoms with Crippen LogP contribution in [0.2, 0.25) is 0 Å². The summed E-state index contributed by atoms with van der Waals surface area (Å²) in [5.41, 5.74) is 2.65. The van der Waals surface area contributed by atoms with Crippen molar-refractivity contribution in [2.75, 3.05) is 42.1 Å². The minimum absolute atomic E-state index is 0.201. The third kappa shape index (κ3) is 7.31. The summed E-state index contributed by atoms with van der Waals surface area (Å²) in [5.74, 6) is -1.41. The van der Waals surface area contributed by atoms with Gasteiger partial charge in [-0.15, -0.1) is 0 Å². The van der Waals surface area contributed by atoms with Crippen LogP contribution in [-0.4, -0.2) is 73.4 Å². The van der Waals surface area contributed by atoms with Crippen LogP contribution in [0.3, 0.4) is 0 Å². The highest BCUT2D eigenvalue weighted by Gasteiger charge is 2.20. The SMILES string of the molecule is Cn1cc(NC(=O)c2cc(NC(=O)c3cc(NC(=O)c4cc5ccccc5cn4)cn3C)cn2C)cc1C(=O)NCCN1CCCCC1. The summed E-state index contributed by atoms with van der Waals surface area (Å²) in [6.45, 7) is 3.51. The van der Waals surface area contributed by atoms with Gasteiger partial charge in [-0.05, 0) is 55.6 Å². The Morgan fingerprint density at radius 1 is 0.646 bits per heavy atom. The number of benzene rings is 1. The summed E-state index contributed by atoms with van der Waals surface area (Å²) in [4.78, 5) is 58.7. The van der Waals surface area contributed by atoms with Gasteiger partial charge < -0.3 is 39.9 Å². The number of likely N-dealkylation sites (tertiary alicyclic amines) is 1. The first-order valence-corrected chi connectivity index (χ1v) is 15.9. The topological polar surface area (TPSA) is 147 Å². The van der Waals surface area contributed by atoms with E-state index in [1.807, 2.05) is 24.3 Å². The molecule has 1 aliphatic rings. The van der Waals surface area contributed by atoms with Gasteiger partial charge in [0.1, 0.15) is 22.8 Å². The van der Waals surface area contributed by atoms with Crippen LogP contribution in [0.15, 0.2) is 73.3 Å². The maximum atomic E-state index is 13.2. The van der Waals surface area contributed by atoms with Gasteiger partial charge in [0.05, 0.1) is 17.1 Å². The molecule has 248 valence electrons. The first kappa shape index (κ1) is 32.3. The molecule has 1 saturated heterocycles. The molecular weight excluding hydrogens is 610 g/mol. The Hall–Kier alpha value is -5.69. The van der Waals surface area contributed by atoms with E-state index in [9.17, 15) is 19.2 Å². The van der Waals surface area contributed by atoms with E-state index in [-0.39, 0.29) is 11.6 Å².